The molecule has 1 aromatic carbocycles. The van der Waals surface area contributed by atoms with Crippen LogP contribution in [-0.4, -0.2) is 53.1 Å². The van der Waals surface area contributed by atoms with Gasteiger partial charge < -0.3 is 10.0 Å². The molecule has 1 aliphatic heterocycles. The van der Waals surface area contributed by atoms with E-state index in [4.69, 9.17) is 0 Å². The van der Waals surface area contributed by atoms with Crippen molar-refractivity contribution in [3.63, 3.8) is 0 Å². The molecule has 1 heterocycles. The number of hydrogen-bond donors (Lipinski definition) is 1. The summed E-state index contributed by atoms with van der Waals surface area (Å²) in [6.45, 7) is 2.70. The third-order valence-corrected chi connectivity index (χ3v) is 4.51. The molecule has 0 radical (unpaired) electrons. The van der Waals surface area contributed by atoms with E-state index in [1.807, 2.05) is 0 Å². The van der Waals surface area contributed by atoms with Gasteiger partial charge in [0.25, 0.3) is 0 Å². The number of aliphatic hydroxyl groups is 1. The van der Waals surface area contributed by atoms with Crippen LogP contribution in [0.5, 0.6) is 0 Å². The third-order valence-electron chi connectivity index (χ3n) is 4.51. The van der Waals surface area contributed by atoms with Gasteiger partial charge in [-0.1, -0.05) is 24.6 Å². The van der Waals surface area contributed by atoms with Crippen LogP contribution in [0.1, 0.15) is 31.7 Å². The zero-order chi connectivity index (χ0) is 16.1. The summed E-state index contributed by atoms with van der Waals surface area (Å²) >= 11 is 0. The van der Waals surface area contributed by atoms with Crippen LogP contribution in [0.2, 0.25) is 0 Å². The van der Waals surface area contributed by atoms with Gasteiger partial charge in [0, 0.05) is 31.2 Å². The summed E-state index contributed by atoms with van der Waals surface area (Å²) in [6, 6.07) is 6.85. The number of carbonyl (C=O) groups is 1. The van der Waals surface area contributed by atoms with E-state index in [1.54, 1.807) is 30.1 Å². The minimum Gasteiger partial charge on any atom is -0.395 e. The average Bonchev–Trinajstić information content (AvgIpc) is 2.51. The molecule has 0 aromatic heterocycles. The molecular weight excluding hydrogens is 283 g/mol. The van der Waals surface area contributed by atoms with Gasteiger partial charge in [-0.05, 0) is 25.8 Å². The van der Waals surface area contributed by atoms with Gasteiger partial charge in [-0.15, -0.1) is 0 Å². The molecule has 0 spiro atoms. The van der Waals surface area contributed by atoms with E-state index >= 15 is 0 Å². The number of amides is 1. The van der Waals surface area contributed by atoms with Gasteiger partial charge >= 0.3 is 0 Å². The van der Waals surface area contributed by atoms with Crippen LogP contribution in [0, 0.1) is 5.82 Å². The number of likely N-dealkylation sites (tertiary alicyclic amines) is 1. The SMILES string of the molecule is CC1CCCC(CO)N1CC(=O)N(C)Cc1ccccc1F. The van der Waals surface area contributed by atoms with Gasteiger partial charge in [0.2, 0.25) is 5.91 Å². The number of piperidine rings is 1. The van der Waals surface area contributed by atoms with E-state index in [-0.39, 0.29) is 43.5 Å². The van der Waals surface area contributed by atoms with E-state index in [9.17, 15) is 14.3 Å². The van der Waals surface area contributed by atoms with Gasteiger partial charge in [-0.25, -0.2) is 4.39 Å². The quantitative estimate of drug-likeness (QED) is 0.905. The van der Waals surface area contributed by atoms with Crippen LogP contribution in [0.3, 0.4) is 0 Å². The number of halogens is 1. The Labute approximate surface area is 131 Å². The molecule has 0 saturated carbocycles. The number of carbonyl (C=O) groups excluding carboxylic acids is 1. The highest BCUT2D eigenvalue weighted by Crippen LogP contribution is 2.22. The minimum atomic E-state index is -0.290. The largest absolute Gasteiger partial charge is 0.395 e. The molecule has 1 aliphatic rings. The molecule has 1 aromatic rings. The first-order valence-electron chi connectivity index (χ1n) is 7.87. The molecule has 1 N–H and O–H groups in total. The normalized spacial score (nSPS) is 22.5. The zero-order valence-corrected chi connectivity index (χ0v) is 13.3. The number of likely N-dealkylation sites (N-methyl/N-ethyl adjacent to an activating group) is 1. The van der Waals surface area contributed by atoms with Crippen LogP contribution < -0.4 is 0 Å². The molecule has 1 amide bonds. The number of aliphatic hydroxyl groups excluding tert-OH is 1. The van der Waals surface area contributed by atoms with E-state index in [0.29, 0.717) is 5.56 Å². The lowest BCUT2D eigenvalue weighted by Gasteiger charge is -2.40. The Morgan fingerprint density at radius 2 is 2.14 bits per heavy atom. The summed E-state index contributed by atoms with van der Waals surface area (Å²) in [5, 5.41) is 9.49. The molecule has 22 heavy (non-hydrogen) atoms. The lowest BCUT2D eigenvalue weighted by atomic mass is 9.97. The number of benzene rings is 1. The molecule has 4 nitrogen and oxygen atoms in total. The Balaban J connectivity index is 1.97. The second kappa shape index (κ2) is 7.70. The summed E-state index contributed by atoms with van der Waals surface area (Å²) in [6.07, 6.45) is 3.05. The molecule has 1 fully saturated rings. The van der Waals surface area contributed by atoms with Gasteiger partial charge in [0.05, 0.1) is 13.2 Å². The van der Waals surface area contributed by atoms with Crippen LogP contribution in [-0.2, 0) is 11.3 Å². The van der Waals surface area contributed by atoms with Gasteiger partial charge in [0.15, 0.2) is 0 Å². The topological polar surface area (TPSA) is 43.8 Å². The Bertz CT molecular complexity index is 509. The highest BCUT2D eigenvalue weighted by atomic mass is 19.1. The molecule has 122 valence electrons. The van der Waals surface area contributed by atoms with Crippen LogP contribution >= 0.6 is 0 Å². The van der Waals surface area contributed by atoms with Gasteiger partial charge in [-0.3, -0.25) is 9.69 Å². The fourth-order valence-corrected chi connectivity index (χ4v) is 3.07. The standard InChI is InChI=1S/C17H25FN2O2/c1-13-6-5-8-15(12-21)20(13)11-17(22)19(2)10-14-7-3-4-9-16(14)18/h3-4,7,9,13,15,21H,5-6,8,10-12H2,1-2H3. The van der Waals surface area contributed by atoms with Crippen molar-refractivity contribution in [3.05, 3.63) is 35.6 Å². The summed E-state index contributed by atoms with van der Waals surface area (Å²) in [5.74, 6) is -0.336. The molecule has 5 heteroatoms. The Kier molecular flexibility index (Phi) is 5.91. The second-order valence-electron chi connectivity index (χ2n) is 6.13. The summed E-state index contributed by atoms with van der Waals surface area (Å²) < 4.78 is 13.7. The van der Waals surface area contributed by atoms with Crippen molar-refractivity contribution in [2.24, 2.45) is 0 Å². The lowest BCUT2D eigenvalue weighted by molar-refractivity contribution is -0.133. The predicted molar refractivity (Wildman–Crippen MR) is 83.8 cm³/mol. The van der Waals surface area contributed by atoms with Gasteiger partial charge in [-0.2, -0.15) is 0 Å². The fraction of sp³-hybridized carbons (Fsp3) is 0.588. The highest BCUT2D eigenvalue weighted by Gasteiger charge is 2.29. The zero-order valence-electron chi connectivity index (χ0n) is 13.3. The van der Waals surface area contributed by atoms with Crippen molar-refractivity contribution in [2.75, 3.05) is 20.2 Å². The maximum atomic E-state index is 13.7. The number of nitrogens with zero attached hydrogens (tertiary/aromatic N) is 2. The minimum absolute atomic E-state index is 0.0459. The lowest BCUT2D eigenvalue weighted by Crippen LogP contribution is -2.51. The first-order valence-corrected chi connectivity index (χ1v) is 7.87. The molecule has 0 bridgehead atoms. The second-order valence-corrected chi connectivity index (χ2v) is 6.13. The summed E-state index contributed by atoms with van der Waals surface area (Å²) in [5.41, 5.74) is 0.517. The third kappa shape index (κ3) is 4.05. The highest BCUT2D eigenvalue weighted by molar-refractivity contribution is 5.78. The monoisotopic (exact) mass is 308 g/mol. The molecule has 2 atom stereocenters. The van der Waals surface area contributed by atoms with Crippen LogP contribution in [0.4, 0.5) is 4.39 Å². The van der Waals surface area contributed by atoms with Crippen LogP contribution in [0.25, 0.3) is 0 Å². The molecule has 1 saturated heterocycles. The van der Waals surface area contributed by atoms with Crippen molar-refractivity contribution in [1.29, 1.82) is 0 Å². The summed E-state index contributed by atoms with van der Waals surface area (Å²) in [7, 11) is 1.69. The predicted octanol–water partition coefficient (Wildman–Crippen LogP) is 2.02. The Morgan fingerprint density at radius 3 is 2.82 bits per heavy atom. The maximum Gasteiger partial charge on any atom is 0.236 e. The summed E-state index contributed by atoms with van der Waals surface area (Å²) in [4.78, 5) is 16.0. The van der Waals surface area contributed by atoms with Crippen molar-refractivity contribution >= 4 is 5.91 Å². The first kappa shape index (κ1) is 16.9. The van der Waals surface area contributed by atoms with E-state index in [2.05, 4.69) is 11.8 Å². The average molecular weight is 308 g/mol. The number of rotatable bonds is 5. The van der Waals surface area contributed by atoms with E-state index in [1.165, 1.54) is 6.07 Å². The van der Waals surface area contributed by atoms with Crippen molar-refractivity contribution in [2.45, 2.75) is 44.8 Å². The van der Waals surface area contributed by atoms with Crippen molar-refractivity contribution < 1.29 is 14.3 Å². The first-order chi connectivity index (χ1) is 10.5. The van der Waals surface area contributed by atoms with Crippen molar-refractivity contribution in [1.82, 2.24) is 9.80 Å². The fourth-order valence-electron chi connectivity index (χ4n) is 3.07. The molecule has 0 aliphatic carbocycles. The maximum absolute atomic E-state index is 13.7. The van der Waals surface area contributed by atoms with E-state index < -0.39 is 0 Å². The molecule has 2 rings (SSSR count). The van der Waals surface area contributed by atoms with Gasteiger partial charge in [0.1, 0.15) is 5.82 Å². The Hall–Kier alpha value is -1.46. The molecule has 2 unspecified atom stereocenters. The number of hydrogen-bond acceptors (Lipinski definition) is 3. The molecular formula is C17H25FN2O2. The smallest absolute Gasteiger partial charge is 0.236 e. The van der Waals surface area contributed by atoms with Crippen LogP contribution in [0.15, 0.2) is 24.3 Å². The Morgan fingerprint density at radius 1 is 1.41 bits per heavy atom. The van der Waals surface area contributed by atoms with Crippen molar-refractivity contribution in [3.8, 4) is 0 Å². The van der Waals surface area contributed by atoms with E-state index in [0.717, 1.165) is 19.3 Å².